The second kappa shape index (κ2) is 9.00. The van der Waals surface area contributed by atoms with E-state index in [1.807, 2.05) is 57.2 Å². The van der Waals surface area contributed by atoms with Gasteiger partial charge in [-0.3, -0.25) is 4.79 Å². The summed E-state index contributed by atoms with van der Waals surface area (Å²) in [4.78, 5) is 13.3. The summed E-state index contributed by atoms with van der Waals surface area (Å²) in [6.07, 6.45) is 0. The molecule has 0 aliphatic rings. The zero-order valence-corrected chi connectivity index (χ0v) is 15.7. The number of carbonyl (C=O) groups is 1. The number of carbonyl (C=O) groups excluding carboxylic acids is 1. The molecule has 0 fully saturated rings. The number of benzene rings is 2. The fourth-order valence-electron chi connectivity index (χ4n) is 2.17. The van der Waals surface area contributed by atoms with Crippen molar-refractivity contribution in [1.82, 2.24) is 5.32 Å². The Morgan fingerprint density at radius 1 is 1.21 bits per heavy atom. The van der Waals surface area contributed by atoms with Crippen LogP contribution in [-0.2, 0) is 5.75 Å². The molecule has 0 saturated heterocycles. The van der Waals surface area contributed by atoms with Crippen molar-refractivity contribution in [2.24, 2.45) is 0 Å². The maximum absolute atomic E-state index is 12.2. The van der Waals surface area contributed by atoms with Crippen LogP contribution in [0.3, 0.4) is 0 Å². The topological polar surface area (TPSA) is 38.3 Å². The van der Waals surface area contributed by atoms with Gasteiger partial charge in [-0.15, -0.1) is 11.8 Å². The summed E-state index contributed by atoms with van der Waals surface area (Å²) >= 11 is 7.60. The van der Waals surface area contributed by atoms with Crippen LogP contribution in [0.2, 0.25) is 5.02 Å². The highest BCUT2D eigenvalue weighted by atomic mass is 35.5. The van der Waals surface area contributed by atoms with E-state index < -0.39 is 0 Å². The Morgan fingerprint density at radius 2 is 1.92 bits per heavy atom. The van der Waals surface area contributed by atoms with Crippen LogP contribution in [0.5, 0.6) is 5.75 Å². The number of amides is 1. The number of halogens is 1. The average molecular weight is 364 g/mol. The van der Waals surface area contributed by atoms with Gasteiger partial charge in [0.2, 0.25) is 0 Å². The van der Waals surface area contributed by atoms with Gasteiger partial charge in [0.15, 0.2) is 0 Å². The summed E-state index contributed by atoms with van der Waals surface area (Å²) in [7, 11) is 0. The summed E-state index contributed by atoms with van der Waals surface area (Å²) < 4.78 is 5.69. The van der Waals surface area contributed by atoms with Gasteiger partial charge in [0, 0.05) is 32.8 Å². The minimum Gasteiger partial charge on any atom is -0.494 e. The lowest BCUT2D eigenvalue weighted by Crippen LogP contribution is -2.30. The highest BCUT2D eigenvalue weighted by Gasteiger charge is 2.12. The van der Waals surface area contributed by atoms with Gasteiger partial charge in [-0.1, -0.05) is 11.6 Å². The van der Waals surface area contributed by atoms with Crippen molar-refractivity contribution in [3.05, 3.63) is 58.6 Å². The number of nitrogens with one attached hydrogen (secondary N) is 1. The van der Waals surface area contributed by atoms with Gasteiger partial charge in [0.05, 0.1) is 6.61 Å². The molecule has 0 aromatic heterocycles. The predicted octanol–water partition coefficient (Wildman–Crippen LogP) is 5.17. The zero-order chi connectivity index (χ0) is 17.5. The minimum atomic E-state index is -0.0641. The first-order chi connectivity index (χ1) is 11.5. The van der Waals surface area contributed by atoms with E-state index in [1.165, 1.54) is 0 Å². The molecule has 1 amide bonds. The molecule has 24 heavy (non-hydrogen) atoms. The van der Waals surface area contributed by atoms with Crippen molar-refractivity contribution in [2.45, 2.75) is 37.5 Å². The van der Waals surface area contributed by atoms with Gasteiger partial charge in [-0.05, 0) is 63.2 Å². The summed E-state index contributed by atoms with van der Waals surface area (Å²) in [5.74, 6) is 1.48. The maximum atomic E-state index is 12.2. The highest BCUT2D eigenvalue weighted by Crippen LogP contribution is 2.29. The summed E-state index contributed by atoms with van der Waals surface area (Å²) in [6, 6.07) is 13.4. The third kappa shape index (κ3) is 5.46. The van der Waals surface area contributed by atoms with Crippen molar-refractivity contribution < 1.29 is 9.53 Å². The van der Waals surface area contributed by atoms with Crippen molar-refractivity contribution in [3.8, 4) is 5.75 Å². The maximum Gasteiger partial charge on any atom is 0.251 e. The Hall–Kier alpha value is -1.65. The molecule has 5 heteroatoms. The molecule has 0 bridgehead atoms. The first-order valence-corrected chi connectivity index (χ1v) is 9.31. The van der Waals surface area contributed by atoms with Crippen molar-refractivity contribution in [3.63, 3.8) is 0 Å². The molecule has 0 saturated carbocycles. The van der Waals surface area contributed by atoms with Gasteiger partial charge < -0.3 is 10.1 Å². The first-order valence-electron chi connectivity index (χ1n) is 7.94. The van der Waals surface area contributed by atoms with E-state index in [-0.39, 0.29) is 11.9 Å². The van der Waals surface area contributed by atoms with Gasteiger partial charge in [-0.25, -0.2) is 0 Å². The molecule has 3 nitrogen and oxygen atoms in total. The fraction of sp³-hybridized carbons (Fsp3) is 0.316. The molecule has 0 radical (unpaired) electrons. The summed E-state index contributed by atoms with van der Waals surface area (Å²) in [6.45, 7) is 6.44. The highest BCUT2D eigenvalue weighted by molar-refractivity contribution is 7.98. The molecule has 0 unspecified atom stereocenters. The van der Waals surface area contributed by atoms with Gasteiger partial charge >= 0.3 is 0 Å². The third-order valence-corrected chi connectivity index (χ3v) is 4.56. The molecule has 1 N–H and O–H groups in total. The lowest BCUT2D eigenvalue weighted by molar-refractivity contribution is 0.0943. The lowest BCUT2D eigenvalue weighted by atomic mass is 10.1. The number of hydrogen-bond acceptors (Lipinski definition) is 3. The summed E-state index contributed by atoms with van der Waals surface area (Å²) in [5.41, 5.74) is 1.66. The van der Waals surface area contributed by atoms with Crippen LogP contribution in [0.25, 0.3) is 0 Å². The van der Waals surface area contributed by atoms with E-state index in [9.17, 15) is 4.79 Å². The van der Waals surface area contributed by atoms with Gasteiger partial charge in [0.1, 0.15) is 5.75 Å². The Kier molecular flexibility index (Phi) is 7.00. The third-order valence-electron chi connectivity index (χ3n) is 3.25. The Bertz CT molecular complexity index is 686. The molecule has 0 aliphatic heterocycles. The number of hydrogen-bond donors (Lipinski definition) is 1. The van der Waals surface area contributed by atoms with E-state index in [0.717, 1.165) is 27.0 Å². The molecule has 0 spiro atoms. The van der Waals surface area contributed by atoms with Crippen LogP contribution in [0.15, 0.2) is 47.4 Å². The lowest BCUT2D eigenvalue weighted by Gasteiger charge is -2.13. The summed E-state index contributed by atoms with van der Waals surface area (Å²) in [5, 5.41) is 3.64. The van der Waals surface area contributed by atoms with Crippen LogP contribution >= 0.6 is 23.4 Å². The van der Waals surface area contributed by atoms with Gasteiger partial charge in [0.25, 0.3) is 5.91 Å². The molecule has 2 aromatic carbocycles. The molecular weight excluding hydrogens is 342 g/mol. The normalized spacial score (nSPS) is 10.7. The average Bonchev–Trinajstić information content (AvgIpc) is 2.55. The monoisotopic (exact) mass is 363 g/mol. The van der Waals surface area contributed by atoms with Crippen LogP contribution < -0.4 is 10.1 Å². The first kappa shape index (κ1) is 18.7. The molecule has 2 aromatic rings. The predicted molar refractivity (Wildman–Crippen MR) is 101 cm³/mol. The molecule has 0 aliphatic carbocycles. The van der Waals surface area contributed by atoms with Gasteiger partial charge in [-0.2, -0.15) is 0 Å². The van der Waals surface area contributed by atoms with Crippen LogP contribution in [0.1, 0.15) is 36.7 Å². The quantitative estimate of drug-likeness (QED) is 0.689. The van der Waals surface area contributed by atoms with E-state index in [1.54, 1.807) is 17.8 Å². The fourth-order valence-corrected chi connectivity index (χ4v) is 3.17. The van der Waals surface area contributed by atoms with Crippen LogP contribution in [-0.4, -0.2) is 18.6 Å². The second-order valence-corrected chi connectivity index (χ2v) is 7.11. The number of rotatable bonds is 7. The largest absolute Gasteiger partial charge is 0.494 e. The Labute approximate surface area is 152 Å². The second-order valence-electron chi connectivity index (χ2n) is 5.63. The molecule has 128 valence electrons. The minimum absolute atomic E-state index is 0.0641. The Morgan fingerprint density at radius 3 is 2.54 bits per heavy atom. The standard InChI is InChI=1S/C19H22ClNO2S/c1-4-23-18-10-5-14(19(22)21-13(2)3)11-15(18)12-24-17-8-6-16(20)7-9-17/h5-11,13H,4,12H2,1-3H3,(H,21,22). The Balaban J connectivity index is 2.17. The van der Waals surface area contributed by atoms with Crippen LogP contribution in [0, 0.1) is 0 Å². The molecule has 0 atom stereocenters. The SMILES string of the molecule is CCOc1ccc(C(=O)NC(C)C)cc1CSc1ccc(Cl)cc1. The molecule has 2 rings (SSSR count). The van der Waals surface area contributed by atoms with E-state index in [4.69, 9.17) is 16.3 Å². The van der Waals surface area contributed by atoms with Crippen molar-refractivity contribution >= 4 is 29.3 Å². The number of ether oxygens (including phenoxy) is 1. The van der Waals surface area contributed by atoms with E-state index in [2.05, 4.69) is 5.32 Å². The van der Waals surface area contributed by atoms with E-state index >= 15 is 0 Å². The molecule has 0 heterocycles. The molecular formula is C19H22ClNO2S. The van der Waals surface area contributed by atoms with Crippen molar-refractivity contribution in [2.75, 3.05) is 6.61 Å². The number of thioether (sulfide) groups is 1. The van der Waals surface area contributed by atoms with E-state index in [0.29, 0.717) is 12.2 Å². The van der Waals surface area contributed by atoms with Crippen LogP contribution in [0.4, 0.5) is 0 Å². The smallest absolute Gasteiger partial charge is 0.251 e. The zero-order valence-electron chi connectivity index (χ0n) is 14.1. The van der Waals surface area contributed by atoms with Crippen molar-refractivity contribution in [1.29, 1.82) is 0 Å².